The van der Waals surface area contributed by atoms with Gasteiger partial charge in [-0.15, -0.1) is 0 Å². The molecule has 1 atom stereocenters. The van der Waals surface area contributed by atoms with E-state index in [0.29, 0.717) is 26.4 Å². The van der Waals surface area contributed by atoms with Crippen LogP contribution in [0.4, 0.5) is 0 Å². The van der Waals surface area contributed by atoms with Crippen LogP contribution in [0, 0.1) is 0 Å². The van der Waals surface area contributed by atoms with Crippen LogP contribution >= 0.6 is 11.3 Å². The number of carbonyl (C=O) groups is 1. The first kappa shape index (κ1) is 22.5. The van der Waals surface area contributed by atoms with Crippen molar-refractivity contribution in [3.05, 3.63) is 103 Å². The molecule has 7 heteroatoms. The van der Waals surface area contributed by atoms with Crippen LogP contribution in [0.15, 0.2) is 81.7 Å². The standard InChI is InChI=1S/C26H24N2O4S/c1-4-32-25(30)22-17(2)27-26-28(23(22)19-13-15-20(31-3)16-14-19)24(29)21(33-26)12-8-11-18-9-6-5-7-10-18/h5-16,23H,4H2,1-3H3. The summed E-state index contributed by atoms with van der Waals surface area (Å²) in [6.07, 6.45) is 5.57. The van der Waals surface area contributed by atoms with Gasteiger partial charge in [-0.3, -0.25) is 9.36 Å². The number of hydrogen-bond donors (Lipinski definition) is 0. The van der Waals surface area contributed by atoms with Crippen LogP contribution in [0.3, 0.4) is 0 Å². The van der Waals surface area contributed by atoms with Crippen molar-refractivity contribution in [2.45, 2.75) is 19.9 Å². The smallest absolute Gasteiger partial charge is 0.338 e. The van der Waals surface area contributed by atoms with E-state index in [9.17, 15) is 9.59 Å². The third kappa shape index (κ3) is 4.59. The first-order valence-electron chi connectivity index (χ1n) is 10.6. The molecule has 0 amide bonds. The molecular formula is C26H24N2O4S. The highest BCUT2D eigenvalue weighted by molar-refractivity contribution is 7.07. The number of esters is 1. The Hall–Kier alpha value is -3.71. The molecule has 0 N–H and O–H groups in total. The molecule has 2 heterocycles. The van der Waals surface area contributed by atoms with Crippen LogP contribution in [-0.4, -0.2) is 24.3 Å². The quantitative estimate of drug-likeness (QED) is 0.528. The van der Waals surface area contributed by atoms with E-state index in [0.717, 1.165) is 11.1 Å². The molecule has 3 aromatic rings. The Kier molecular flexibility index (Phi) is 6.70. The number of rotatable bonds is 6. The van der Waals surface area contributed by atoms with Crippen molar-refractivity contribution >= 4 is 29.5 Å². The number of fused-ring (bicyclic) bond motifs is 1. The summed E-state index contributed by atoms with van der Waals surface area (Å²) in [5, 5.41) is 0. The van der Waals surface area contributed by atoms with Gasteiger partial charge in [-0.1, -0.05) is 66.0 Å². The van der Waals surface area contributed by atoms with Gasteiger partial charge in [0.2, 0.25) is 0 Å². The summed E-state index contributed by atoms with van der Waals surface area (Å²) in [6, 6.07) is 16.6. The van der Waals surface area contributed by atoms with Crippen molar-refractivity contribution in [2.75, 3.05) is 13.7 Å². The topological polar surface area (TPSA) is 69.9 Å². The summed E-state index contributed by atoms with van der Waals surface area (Å²) in [4.78, 5) is 31.4. The summed E-state index contributed by atoms with van der Waals surface area (Å²) in [5.41, 5.74) is 2.52. The number of nitrogens with zero attached hydrogens (tertiary/aromatic N) is 2. The van der Waals surface area contributed by atoms with E-state index in [4.69, 9.17) is 9.47 Å². The van der Waals surface area contributed by atoms with Crippen LogP contribution < -0.4 is 19.6 Å². The molecule has 0 spiro atoms. The Labute approximate surface area is 195 Å². The van der Waals surface area contributed by atoms with Gasteiger partial charge in [0.1, 0.15) is 5.75 Å². The number of thiazole rings is 1. The van der Waals surface area contributed by atoms with E-state index < -0.39 is 12.0 Å². The van der Waals surface area contributed by atoms with Crippen LogP contribution in [0.1, 0.15) is 31.0 Å². The predicted octanol–water partition coefficient (Wildman–Crippen LogP) is 3.47. The molecule has 0 fully saturated rings. The molecule has 168 valence electrons. The van der Waals surface area contributed by atoms with Crippen molar-refractivity contribution in [3.63, 3.8) is 0 Å². The largest absolute Gasteiger partial charge is 0.497 e. The molecule has 33 heavy (non-hydrogen) atoms. The van der Waals surface area contributed by atoms with Gasteiger partial charge in [0.15, 0.2) is 4.80 Å². The van der Waals surface area contributed by atoms with Crippen molar-refractivity contribution in [2.24, 2.45) is 4.99 Å². The van der Waals surface area contributed by atoms with E-state index >= 15 is 0 Å². The maximum absolute atomic E-state index is 13.4. The zero-order valence-electron chi connectivity index (χ0n) is 18.6. The van der Waals surface area contributed by atoms with Gasteiger partial charge in [-0.25, -0.2) is 9.79 Å². The van der Waals surface area contributed by atoms with Crippen LogP contribution in [-0.2, 0) is 9.53 Å². The van der Waals surface area contributed by atoms with Gasteiger partial charge in [0.25, 0.3) is 5.56 Å². The number of hydrogen-bond acceptors (Lipinski definition) is 6. The summed E-state index contributed by atoms with van der Waals surface area (Å²) in [6.45, 7) is 3.76. The number of aromatic nitrogens is 1. The van der Waals surface area contributed by atoms with Crippen molar-refractivity contribution in [3.8, 4) is 5.75 Å². The lowest BCUT2D eigenvalue weighted by atomic mass is 9.96. The first-order valence-corrected chi connectivity index (χ1v) is 11.4. The third-order valence-electron chi connectivity index (χ3n) is 5.28. The molecular weight excluding hydrogens is 436 g/mol. The number of benzene rings is 2. The van der Waals surface area contributed by atoms with Crippen LogP contribution in [0.5, 0.6) is 5.75 Å². The molecule has 2 aromatic carbocycles. The van der Waals surface area contributed by atoms with E-state index in [1.54, 1.807) is 31.6 Å². The van der Waals surface area contributed by atoms with Gasteiger partial charge < -0.3 is 9.47 Å². The Bertz CT molecular complexity index is 1400. The van der Waals surface area contributed by atoms with Crippen LogP contribution in [0.25, 0.3) is 12.2 Å². The summed E-state index contributed by atoms with van der Waals surface area (Å²) in [5.74, 6) is 0.216. The molecule has 0 radical (unpaired) electrons. The molecule has 0 saturated carbocycles. The van der Waals surface area contributed by atoms with E-state index in [1.165, 1.54) is 11.3 Å². The molecule has 1 unspecified atom stereocenters. The second-order valence-electron chi connectivity index (χ2n) is 7.37. The lowest BCUT2D eigenvalue weighted by Crippen LogP contribution is -2.39. The van der Waals surface area contributed by atoms with Gasteiger partial charge in [0.05, 0.1) is 35.6 Å². The monoisotopic (exact) mass is 460 g/mol. The second kappa shape index (κ2) is 9.83. The van der Waals surface area contributed by atoms with Crippen molar-refractivity contribution in [1.82, 2.24) is 4.57 Å². The highest BCUT2D eigenvalue weighted by Crippen LogP contribution is 2.31. The second-order valence-corrected chi connectivity index (χ2v) is 8.38. The van der Waals surface area contributed by atoms with E-state index in [-0.39, 0.29) is 12.2 Å². The van der Waals surface area contributed by atoms with Gasteiger partial charge in [-0.2, -0.15) is 0 Å². The Morgan fingerprint density at radius 1 is 1.15 bits per heavy atom. The molecule has 4 rings (SSSR count). The highest BCUT2D eigenvalue weighted by Gasteiger charge is 2.33. The number of ether oxygens (including phenoxy) is 2. The lowest BCUT2D eigenvalue weighted by Gasteiger charge is -2.24. The zero-order chi connectivity index (χ0) is 23.4. The number of carbonyl (C=O) groups excluding carboxylic acids is 1. The molecule has 6 nitrogen and oxygen atoms in total. The van der Waals surface area contributed by atoms with Crippen LogP contribution in [0.2, 0.25) is 0 Å². The molecule has 1 aliphatic rings. The van der Waals surface area contributed by atoms with Gasteiger partial charge in [-0.05, 0) is 43.2 Å². The lowest BCUT2D eigenvalue weighted by molar-refractivity contribution is -0.139. The minimum atomic E-state index is -0.633. The minimum Gasteiger partial charge on any atom is -0.497 e. The van der Waals surface area contributed by atoms with Crippen molar-refractivity contribution < 1.29 is 14.3 Å². The fraction of sp³-hybridized carbons (Fsp3) is 0.192. The Morgan fingerprint density at radius 3 is 2.55 bits per heavy atom. The molecule has 0 saturated heterocycles. The average molecular weight is 461 g/mol. The third-order valence-corrected chi connectivity index (χ3v) is 6.29. The maximum Gasteiger partial charge on any atom is 0.338 e. The normalized spacial score (nSPS) is 16.0. The maximum atomic E-state index is 13.4. The highest BCUT2D eigenvalue weighted by atomic mass is 32.1. The zero-order valence-corrected chi connectivity index (χ0v) is 19.5. The average Bonchev–Trinajstić information content (AvgIpc) is 3.13. The van der Waals surface area contributed by atoms with E-state index in [2.05, 4.69) is 4.99 Å². The first-order chi connectivity index (χ1) is 16.0. The Morgan fingerprint density at radius 2 is 1.88 bits per heavy atom. The SMILES string of the molecule is CCOC(=O)C1=C(C)N=c2sc(=CC=Cc3ccccc3)c(=O)n2C1c1ccc(OC)cc1. The summed E-state index contributed by atoms with van der Waals surface area (Å²) >= 11 is 1.30. The predicted molar refractivity (Wildman–Crippen MR) is 130 cm³/mol. The summed E-state index contributed by atoms with van der Waals surface area (Å²) < 4.78 is 12.7. The molecule has 0 aliphatic carbocycles. The summed E-state index contributed by atoms with van der Waals surface area (Å²) in [7, 11) is 1.59. The molecule has 1 aromatic heterocycles. The fourth-order valence-corrected chi connectivity index (χ4v) is 4.72. The molecule has 0 bridgehead atoms. The van der Waals surface area contributed by atoms with Gasteiger partial charge >= 0.3 is 5.97 Å². The van der Waals surface area contributed by atoms with Gasteiger partial charge in [0, 0.05) is 0 Å². The Balaban J connectivity index is 1.85. The van der Waals surface area contributed by atoms with Crippen molar-refractivity contribution in [1.29, 1.82) is 0 Å². The number of methoxy groups -OCH3 is 1. The number of allylic oxidation sites excluding steroid dienone is 2. The fourth-order valence-electron chi connectivity index (χ4n) is 3.72. The van der Waals surface area contributed by atoms with E-state index in [1.807, 2.05) is 66.7 Å². The molecule has 1 aliphatic heterocycles. The minimum absolute atomic E-state index is 0.202.